The number of nitro groups is 1. The Balaban J connectivity index is 1.63. The molecule has 0 bridgehead atoms. The number of non-ortho nitro benzene ring substituents is 1. The second kappa shape index (κ2) is 6.97. The molecule has 3 rings (SSSR count). The molecule has 0 fully saturated rings. The van der Waals surface area contributed by atoms with Crippen LogP contribution in [0.15, 0.2) is 53.6 Å². The van der Waals surface area contributed by atoms with Gasteiger partial charge in [-0.3, -0.25) is 14.9 Å². The van der Waals surface area contributed by atoms with E-state index in [1.165, 1.54) is 29.9 Å². The van der Waals surface area contributed by atoms with Gasteiger partial charge in [0.2, 0.25) is 5.91 Å². The van der Waals surface area contributed by atoms with Crippen molar-refractivity contribution >= 4 is 39.4 Å². The molecule has 7 nitrogen and oxygen atoms in total. The van der Waals surface area contributed by atoms with Crippen molar-refractivity contribution in [1.82, 2.24) is 9.80 Å². The lowest BCUT2D eigenvalue weighted by atomic mass is 10.2. The first-order valence-electron chi connectivity index (χ1n) is 7.03. The summed E-state index contributed by atoms with van der Waals surface area (Å²) < 4.78 is 5.31. The van der Waals surface area contributed by atoms with Crippen LogP contribution >= 0.6 is 11.5 Å². The summed E-state index contributed by atoms with van der Waals surface area (Å²) in [7, 11) is 0. The number of nitrogens with zero attached hydrogens (tertiary/aromatic N) is 3. The van der Waals surface area contributed by atoms with Crippen LogP contribution in [0.2, 0.25) is 0 Å². The Labute approximate surface area is 140 Å². The summed E-state index contributed by atoms with van der Waals surface area (Å²) in [6, 6.07) is 13.7. The summed E-state index contributed by atoms with van der Waals surface area (Å²) in [6.45, 7) is 0. The Morgan fingerprint density at radius 3 is 2.96 bits per heavy atom. The van der Waals surface area contributed by atoms with Gasteiger partial charge in [-0.1, -0.05) is 30.3 Å². The number of nitrogens with one attached hydrogen (secondary N) is 1. The van der Waals surface area contributed by atoms with E-state index in [1.807, 2.05) is 24.3 Å². The topological polar surface area (TPSA) is 97.5 Å². The van der Waals surface area contributed by atoms with Crippen molar-refractivity contribution in [3.8, 4) is 0 Å². The molecule has 24 heavy (non-hydrogen) atoms. The van der Waals surface area contributed by atoms with Gasteiger partial charge < -0.3 is 0 Å². The molecule has 120 valence electrons. The van der Waals surface area contributed by atoms with Crippen LogP contribution in [0.3, 0.4) is 0 Å². The summed E-state index contributed by atoms with van der Waals surface area (Å²) in [6.07, 6.45) is 1.49. The first-order chi connectivity index (χ1) is 11.6. The molecule has 0 unspecified atom stereocenters. The van der Waals surface area contributed by atoms with Gasteiger partial charge in [0.05, 0.1) is 28.0 Å². The molecular weight excluding hydrogens is 328 g/mol. The highest BCUT2D eigenvalue weighted by Crippen LogP contribution is 2.22. The number of carbonyl (C=O) groups excluding carboxylic acids is 1. The van der Waals surface area contributed by atoms with Gasteiger partial charge in [0, 0.05) is 23.1 Å². The Bertz CT molecular complexity index is 936. The van der Waals surface area contributed by atoms with Crippen LogP contribution in [0.25, 0.3) is 10.1 Å². The molecule has 3 aromatic rings. The zero-order chi connectivity index (χ0) is 16.9. The minimum absolute atomic E-state index is 0.0285. The average Bonchev–Trinajstić information content (AvgIpc) is 2.98. The van der Waals surface area contributed by atoms with Gasteiger partial charge in [-0.15, -0.1) is 0 Å². The average molecular weight is 340 g/mol. The fourth-order valence-electron chi connectivity index (χ4n) is 2.15. The van der Waals surface area contributed by atoms with Gasteiger partial charge in [0.15, 0.2) is 0 Å². The molecular formula is C16H12N4O3S. The van der Waals surface area contributed by atoms with Crippen molar-refractivity contribution in [3.05, 3.63) is 69.9 Å². The van der Waals surface area contributed by atoms with Gasteiger partial charge >= 0.3 is 0 Å². The van der Waals surface area contributed by atoms with Gasteiger partial charge in [-0.2, -0.15) is 9.47 Å². The lowest BCUT2D eigenvalue weighted by Crippen LogP contribution is -2.20. The minimum atomic E-state index is -0.483. The summed E-state index contributed by atoms with van der Waals surface area (Å²) >= 11 is 1.35. The van der Waals surface area contributed by atoms with Gasteiger partial charge in [0.25, 0.3) is 5.69 Å². The smallest absolute Gasteiger partial charge is 0.270 e. The molecule has 0 aliphatic heterocycles. The summed E-state index contributed by atoms with van der Waals surface area (Å²) in [5, 5.41) is 15.5. The molecule has 1 aromatic heterocycles. The second-order valence-corrected chi connectivity index (χ2v) is 5.75. The molecule has 1 N–H and O–H groups in total. The SMILES string of the molecule is O=C(Cc1nsc2ccccc12)N/N=C/c1cccc([N+](=O)[O-])c1. The third-order valence-corrected chi connectivity index (χ3v) is 4.13. The van der Waals surface area contributed by atoms with Gasteiger partial charge in [-0.25, -0.2) is 5.43 Å². The minimum Gasteiger partial charge on any atom is -0.273 e. The number of hydrogen-bond acceptors (Lipinski definition) is 6. The monoisotopic (exact) mass is 340 g/mol. The number of amides is 1. The highest BCUT2D eigenvalue weighted by molar-refractivity contribution is 7.13. The number of hydrazone groups is 1. The van der Waals surface area contributed by atoms with Crippen molar-refractivity contribution < 1.29 is 9.72 Å². The van der Waals surface area contributed by atoms with Crippen LogP contribution in [0, 0.1) is 10.1 Å². The molecule has 0 saturated heterocycles. The number of fused-ring (bicyclic) bond motifs is 1. The van der Waals surface area contributed by atoms with E-state index >= 15 is 0 Å². The van der Waals surface area contributed by atoms with Crippen LogP contribution in [-0.2, 0) is 11.2 Å². The number of carbonyl (C=O) groups is 1. The number of hydrogen-bond donors (Lipinski definition) is 1. The number of rotatable bonds is 5. The molecule has 0 aliphatic rings. The predicted molar refractivity (Wildman–Crippen MR) is 92.2 cm³/mol. The molecule has 0 spiro atoms. The Kier molecular flexibility index (Phi) is 4.57. The molecule has 0 radical (unpaired) electrons. The Morgan fingerprint density at radius 2 is 2.12 bits per heavy atom. The zero-order valence-corrected chi connectivity index (χ0v) is 13.2. The van der Waals surface area contributed by atoms with E-state index in [0.717, 1.165) is 10.1 Å². The summed E-state index contributed by atoms with van der Waals surface area (Å²) in [5.74, 6) is -0.298. The fraction of sp³-hybridized carbons (Fsp3) is 0.0625. The lowest BCUT2D eigenvalue weighted by molar-refractivity contribution is -0.384. The third-order valence-electron chi connectivity index (χ3n) is 3.26. The van der Waals surface area contributed by atoms with E-state index in [0.29, 0.717) is 11.3 Å². The Hall–Kier alpha value is -3.13. The fourth-order valence-corrected chi connectivity index (χ4v) is 2.95. The van der Waals surface area contributed by atoms with Crippen molar-refractivity contribution in [3.63, 3.8) is 0 Å². The van der Waals surface area contributed by atoms with E-state index in [9.17, 15) is 14.9 Å². The van der Waals surface area contributed by atoms with Crippen LogP contribution in [0.4, 0.5) is 5.69 Å². The number of aromatic nitrogens is 1. The van der Waals surface area contributed by atoms with Crippen LogP contribution in [0.1, 0.15) is 11.3 Å². The predicted octanol–water partition coefficient (Wildman–Crippen LogP) is 2.90. The second-order valence-electron chi connectivity index (χ2n) is 4.95. The standard InChI is InChI=1S/C16H12N4O3S/c21-16(9-14-13-6-1-2-7-15(13)24-19-14)18-17-10-11-4-3-5-12(8-11)20(22)23/h1-8,10H,9H2,(H,18,21)/b17-10+. The molecule has 1 amide bonds. The summed E-state index contributed by atoms with van der Waals surface area (Å²) in [4.78, 5) is 22.2. The van der Waals surface area contributed by atoms with E-state index in [2.05, 4.69) is 14.9 Å². The molecule has 8 heteroatoms. The molecule has 0 aliphatic carbocycles. The zero-order valence-electron chi connectivity index (χ0n) is 12.4. The van der Waals surface area contributed by atoms with E-state index < -0.39 is 4.92 Å². The summed E-state index contributed by atoms with van der Waals surface area (Å²) in [5.41, 5.74) is 3.62. The van der Waals surface area contributed by atoms with E-state index in [1.54, 1.807) is 12.1 Å². The largest absolute Gasteiger partial charge is 0.273 e. The highest BCUT2D eigenvalue weighted by Gasteiger charge is 2.10. The van der Waals surface area contributed by atoms with Crippen molar-refractivity contribution in [2.45, 2.75) is 6.42 Å². The van der Waals surface area contributed by atoms with Crippen LogP contribution in [0.5, 0.6) is 0 Å². The quantitative estimate of drug-likeness (QED) is 0.439. The maximum absolute atomic E-state index is 12.0. The van der Waals surface area contributed by atoms with Crippen molar-refractivity contribution in [2.75, 3.05) is 0 Å². The van der Waals surface area contributed by atoms with Crippen LogP contribution < -0.4 is 5.43 Å². The van der Waals surface area contributed by atoms with Crippen molar-refractivity contribution in [2.24, 2.45) is 5.10 Å². The number of nitro benzene ring substituents is 1. The Morgan fingerprint density at radius 1 is 1.29 bits per heavy atom. The van der Waals surface area contributed by atoms with Crippen LogP contribution in [-0.4, -0.2) is 21.4 Å². The molecule has 0 saturated carbocycles. The molecule has 0 atom stereocenters. The van der Waals surface area contributed by atoms with Crippen molar-refractivity contribution in [1.29, 1.82) is 0 Å². The van der Waals surface area contributed by atoms with E-state index in [-0.39, 0.29) is 18.0 Å². The number of benzene rings is 2. The van der Waals surface area contributed by atoms with Gasteiger partial charge in [-0.05, 0) is 17.6 Å². The maximum Gasteiger partial charge on any atom is 0.270 e. The maximum atomic E-state index is 12.0. The third kappa shape index (κ3) is 3.61. The lowest BCUT2D eigenvalue weighted by Gasteiger charge is -1.98. The molecule has 2 aromatic carbocycles. The highest BCUT2D eigenvalue weighted by atomic mass is 32.1. The normalized spacial score (nSPS) is 11.0. The van der Waals surface area contributed by atoms with Gasteiger partial charge in [0.1, 0.15) is 0 Å². The van der Waals surface area contributed by atoms with E-state index in [4.69, 9.17) is 0 Å². The first-order valence-corrected chi connectivity index (χ1v) is 7.80. The molecule has 1 heterocycles. The first kappa shape index (κ1) is 15.8.